The lowest BCUT2D eigenvalue weighted by molar-refractivity contribution is 0.683. The molecule has 3 N–H and O–H groups in total. The SMILES string of the molecule is CNC(c1cncc(Br)c1)c1c(C)ccnc1N. The molecule has 0 spiro atoms. The van der Waals surface area contributed by atoms with Crippen LogP contribution in [0.3, 0.4) is 0 Å². The van der Waals surface area contributed by atoms with Gasteiger partial charge < -0.3 is 11.1 Å². The lowest BCUT2D eigenvalue weighted by atomic mass is 9.97. The van der Waals surface area contributed by atoms with Gasteiger partial charge in [0.2, 0.25) is 0 Å². The summed E-state index contributed by atoms with van der Waals surface area (Å²) in [4.78, 5) is 8.35. The molecule has 0 aliphatic rings. The minimum atomic E-state index is -0.0105. The summed E-state index contributed by atoms with van der Waals surface area (Å²) in [5, 5.41) is 3.26. The third kappa shape index (κ3) is 2.52. The lowest BCUT2D eigenvalue weighted by Gasteiger charge is -2.20. The fraction of sp³-hybridized carbons (Fsp3) is 0.231. The molecular formula is C13H15BrN4. The lowest BCUT2D eigenvalue weighted by Crippen LogP contribution is -2.20. The maximum absolute atomic E-state index is 5.99. The highest BCUT2D eigenvalue weighted by Gasteiger charge is 2.18. The van der Waals surface area contributed by atoms with Crippen LogP contribution in [0.1, 0.15) is 22.7 Å². The third-order valence-electron chi connectivity index (χ3n) is 2.88. The minimum absolute atomic E-state index is 0.0105. The minimum Gasteiger partial charge on any atom is -0.383 e. The van der Waals surface area contributed by atoms with E-state index in [9.17, 15) is 0 Å². The molecule has 0 bridgehead atoms. The molecule has 0 aromatic carbocycles. The van der Waals surface area contributed by atoms with Gasteiger partial charge in [-0.15, -0.1) is 0 Å². The summed E-state index contributed by atoms with van der Waals surface area (Å²) in [5.74, 6) is 0.550. The quantitative estimate of drug-likeness (QED) is 0.914. The average Bonchev–Trinajstić information content (AvgIpc) is 2.34. The van der Waals surface area contributed by atoms with E-state index in [0.29, 0.717) is 5.82 Å². The number of nitrogen functional groups attached to an aromatic ring is 1. The number of hydrogen-bond donors (Lipinski definition) is 2. The number of pyridine rings is 2. The van der Waals surface area contributed by atoms with E-state index in [0.717, 1.165) is 21.2 Å². The van der Waals surface area contributed by atoms with Crippen LogP contribution in [0.4, 0.5) is 5.82 Å². The zero-order valence-corrected chi connectivity index (χ0v) is 11.9. The van der Waals surface area contributed by atoms with Crippen LogP contribution in [0.5, 0.6) is 0 Å². The molecule has 1 unspecified atom stereocenters. The third-order valence-corrected chi connectivity index (χ3v) is 3.31. The van der Waals surface area contributed by atoms with Crippen molar-refractivity contribution in [2.75, 3.05) is 12.8 Å². The molecule has 2 aromatic heterocycles. The highest BCUT2D eigenvalue weighted by Crippen LogP contribution is 2.28. The Labute approximate surface area is 115 Å². The number of aryl methyl sites for hydroxylation is 1. The molecule has 18 heavy (non-hydrogen) atoms. The van der Waals surface area contributed by atoms with Crippen molar-refractivity contribution in [3.63, 3.8) is 0 Å². The van der Waals surface area contributed by atoms with Crippen LogP contribution in [0.2, 0.25) is 0 Å². The fourth-order valence-corrected chi connectivity index (χ4v) is 2.41. The Hall–Kier alpha value is -1.46. The maximum atomic E-state index is 5.99. The van der Waals surface area contributed by atoms with Crippen molar-refractivity contribution in [2.24, 2.45) is 0 Å². The maximum Gasteiger partial charge on any atom is 0.128 e. The molecule has 0 saturated carbocycles. The predicted molar refractivity (Wildman–Crippen MR) is 76.2 cm³/mol. The van der Waals surface area contributed by atoms with Crippen LogP contribution in [-0.4, -0.2) is 17.0 Å². The largest absolute Gasteiger partial charge is 0.383 e. The first-order chi connectivity index (χ1) is 8.63. The number of rotatable bonds is 3. The molecular weight excluding hydrogens is 292 g/mol. The highest BCUT2D eigenvalue weighted by atomic mass is 79.9. The standard InChI is InChI=1S/C13H15BrN4/c1-8-3-4-18-13(15)11(8)12(16-2)9-5-10(14)7-17-6-9/h3-7,12,16H,1-2H3,(H2,15,18). The second-order valence-corrected chi connectivity index (χ2v) is 5.00. The molecule has 0 fully saturated rings. The van der Waals surface area contributed by atoms with E-state index >= 15 is 0 Å². The second kappa shape index (κ2) is 5.46. The molecule has 0 aliphatic heterocycles. The van der Waals surface area contributed by atoms with Crippen LogP contribution in [-0.2, 0) is 0 Å². The van der Waals surface area contributed by atoms with Crippen LogP contribution in [0.25, 0.3) is 0 Å². The van der Waals surface area contributed by atoms with Gasteiger partial charge >= 0.3 is 0 Å². The number of nitrogens with zero attached hydrogens (tertiary/aromatic N) is 2. The van der Waals surface area contributed by atoms with Crippen molar-refractivity contribution in [3.8, 4) is 0 Å². The van der Waals surface area contributed by atoms with Crippen LogP contribution < -0.4 is 11.1 Å². The second-order valence-electron chi connectivity index (χ2n) is 4.08. The molecule has 0 aliphatic carbocycles. The number of hydrogen-bond acceptors (Lipinski definition) is 4. The van der Waals surface area contributed by atoms with Gasteiger partial charge in [0, 0.05) is 28.6 Å². The first kappa shape index (κ1) is 13.0. The van der Waals surface area contributed by atoms with Crippen molar-refractivity contribution < 1.29 is 0 Å². The summed E-state index contributed by atoms with van der Waals surface area (Å²) >= 11 is 3.43. The van der Waals surface area contributed by atoms with Gasteiger partial charge in [-0.1, -0.05) is 0 Å². The first-order valence-corrected chi connectivity index (χ1v) is 6.41. The number of nitrogens with one attached hydrogen (secondary N) is 1. The number of anilines is 1. The monoisotopic (exact) mass is 306 g/mol. The van der Waals surface area contributed by atoms with Crippen LogP contribution in [0.15, 0.2) is 35.2 Å². The van der Waals surface area contributed by atoms with Gasteiger partial charge in [0.15, 0.2) is 0 Å². The Morgan fingerprint density at radius 2 is 2.17 bits per heavy atom. The molecule has 0 amide bonds. The number of nitrogens with two attached hydrogens (primary N) is 1. The Balaban J connectivity index is 2.52. The van der Waals surface area contributed by atoms with Crippen molar-refractivity contribution in [3.05, 3.63) is 51.9 Å². The van der Waals surface area contributed by atoms with E-state index in [4.69, 9.17) is 5.73 Å². The van der Waals surface area contributed by atoms with E-state index in [1.54, 1.807) is 12.4 Å². The molecule has 5 heteroatoms. The van der Waals surface area contributed by atoms with Gasteiger partial charge in [0.05, 0.1) is 6.04 Å². The number of aromatic nitrogens is 2. The van der Waals surface area contributed by atoms with Crippen molar-refractivity contribution in [2.45, 2.75) is 13.0 Å². The Bertz CT molecular complexity index is 536. The van der Waals surface area contributed by atoms with Gasteiger partial charge in [-0.2, -0.15) is 0 Å². The molecule has 4 nitrogen and oxygen atoms in total. The van der Waals surface area contributed by atoms with E-state index in [-0.39, 0.29) is 6.04 Å². The molecule has 2 rings (SSSR count). The topological polar surface area (TPSA) is 63.8 Å². The molecule has 1 atom stereocenters. The predicted octanol–water partition coefficient (Wildman–Crippen LogP) is 2.44. The highest BCUT2D eigenvalue weighted by molar-refractivity contribution is 9.10. The summed E-state index contributed by atoms with van der Waals surface area (Å²) in [6.07, 6.45) is 5.31. The Morgan fingerprint density at radius 3 is 2.78 bits per heavy atom. The first-order valence-electron chi connectivity index (χ1n) is 5.62. The number of halogens is 1. The van der Waals surface area contributed by atoms with Gasteiger partial charge in [-0.3, -0.25) is 4.98 Å². The van der Waals surface area contributed by atoms with Gasteiger partial charge in [-0.25, -0.2) is 4.98 Å². The normalized spacial score (nSPS) is 12.4. The summed E-state index contributed by atoms with van der Waals surface area (Å²) in [7, 11) is 1.90. The van der Waals surface area contributed by atoms with E-state index < -0.39 is 0 Å². The van der Waals surface area contributed by atoms with E-state index in [1.807, 2.05) is 32.3 Å². The van der Waals surface area contributed by atoms with Gasteiger partial charge in [0.1, 0.15) is 5.82 Å². The summed E-state index contributed by atoms with van der Waals surface area (Å²) < 4.78 is 0.945. The van der Waals surface area contributed by atoms with Crippen molar-refractivity contribution in [1.29, 1.82) is 0 Å². The van der Waals surface area contributed by atoms with Crippen molar-refractivity contribution >= 4 is 21.7 Å². The Morgan fingerprint density at radius 1 is 1.39 bits per heavy atom. The smallest absolute Gasteiger partial charge is 0.128 e. The average molecular weight is 307 g/mol. The van der Waals surface area contributed by atoms with Crippen LogP contribution in [0, 0.1) is 6.92 Å². The molecule has 94 valence electrons. The molecule has 0 radical (unpaired) electrons. The fourth-order valence-electron chi connectivity index (χ4n) is 2.03. The van der Waals surface area contributed by atoms with E-state index in [2.05, 4.69) is 31.2 Å². The summed E-state index contributed by atoms with van der Waals surface area (Å²) in [5.41, 5.74) is 9.15. The zero-order chi connectivity index (χ0) is 13.1. The zero-order valence-electron chi connectivity index (χ0n) is 10.3. The summed E-state index contributed by atoms with van der Waals surface area (Å²) in [6.45, 7) is 2.03. The van der Waals surface area contributed by atoms with Gasteiger partial charge in [0.25, 0.3) is 0 Å². The Kier molecular flexibility index (Phi) is 3.93. The van der Waals surface area contributed by atoms with Gasteiger partial charge in [-0.05, 0) is 53.2 Å². The molecule has 2 heterocycles. The summed E-state index contributed by atoms with van der Waals surface area (Å²) in [6, 6.07) is 3.98. The van der Waals surface area contributed by atoms with Crippen molar-refractivity contribution in [1.82, 2.24) is 15.3 Å². The van der Waals surface area contributed by atoms with Crippen LogP contribution >= 0.6 is 15.9 Å². The van der Waals surface area contributed by atoms with E-state index in [1.165, 1.54) is 0 Å². The molecule has 0 saturated heterocycles. The molecule has 2 aromatic rings.